The zero-order chi connectivity index (χ0) is 21.4. The number of amides is 3. The van der Waals surface area contributed by atoms with Gasteiger partial charge >= 0.3 is 5.97 Å². The highest BCUT2D eigenvalue weighted by atomic mass is 19.1. The largest absolute Gasteiger partial charge is 0.454 e. The Morgan fingerprint density at radius 3 is 2.10 bits per heavy atom. The van der Waals surface area contributed by atoms with Crippen LogP contribution in [0.3, 0.4) is 0 Å². The number of carbonyl (C=O) groups is 4. The van der Waals surface area contributed by atoms with Crippen LogP contribution in [-0.4, -0.2) is 55.8 Å². The number of rotatable bonds is 7. The maximum Gasteiger partial charge on any atom is 0.325 e. The van der Waals surface area contributed by atoms with E-state index in [4.69, 9.17) is 4.74 Å². The molecule has 0 unspecified atom stereocenters. The molecule has 0 saturated carbocycles. The van der Waals surface area contributed by atoms with Gasteiger partial charge in [-0.15, -0.1) is 0 Å². The topological polar surface area (TPSA) is 105 Å². The predicted molar refractivity (Wildman–Crippen MR) is 103 cm³/mol. The van der Waals surface area contributed by atoms with Crippen molar-refractivity contribution >= 4 is 29.4 Å². The minimum Gasteiger partial charge on any atom is -0.454 e. The fourth-order valence-electron chi connectivity index (χ4n) is 2.20. The number of nitrogens with one attached hydrogen (secondary N) is 2. The average Bonchev–Trinajstić information content (AvgIpc) is 2.71. The van der Waals surface area contributed by atoms with E-state index in [9.17, 15) is 23.6 Å². The van der Waals surface area contributed by atoms with E-state index in [1.807, 2.05) is 0 Å². The molecule has 3 amide bonds. The SMILES string of the molecule is CN(C)C(=O)c1ccc(NC(=O)COC(=O)CNC(=O)c2ccc(F)cc2)cc1. The van der Waals surface area contributed by atoms with E-state index in [2.05, 4.69) is 10.6 Å². The number of benzene rings is 2. The smallest absolute Gasteiger partial charge is 0.325 e. The third-order valence-corrected chi connectivity index (χ3v) is 3.69. The van der Waals surface area contributed by atoms with Gasteiger partial charge in [-0.05, 0) is 48.5 Å². The summed E-state index contributed by atoms with van der Waals surface area (Å²) >= 11 is 0. The van der Waals surface area contributed by atoms with Gasteiger partial charge in [-0.2, -0.15) is 0 Å². The first-order valence-electron chi connectivity index (χ1n) is 8.57. The molecular weight excluding hydrogens is 381 g/mol. The van der Waals surface area contributed by atoms with Crippen LogP contribution in [0.4, 0.5) is 10.1 Å². The second kappa shape index (κ2) is 9.98. The molecule has 2 aromatic rings. The lowest BCUT2D eigenvalue weighted by molar-refractivity contribution is -0.146. The number of nitrogens with zero attached hydrogens (tertiary/aromatic N) is 1. The molecule has 8 nitrogen and oxygen atoms in total. The first-order chi connectivity index (χ1) is 13.8. The first kappa shape index (κ1) is 21.5. The molecule has 0 aliphatic carbocycles. The van der Waals surface area contributed by atoms with Crippen molar-refractivity contribution in [2.45, 2.75) is 0 Å². The molecule has 2 N–H and O–H groups in total. The van der Waals surface area contributed by atoms with E-state index in [1.54, 1.807) is 38.4 Å². The van der Waals surface area contributed by atoms with Crippen molar-refractivity contribution in [2.75, 3.05) is 32.6 Å². The molecule has 0 spiro atoms. The van der Waals surface area contributed by atoms with Gasteiger partial charge in [0.05, 0.1) is 0 Å². The van der Waals surface area contributed by atoms with Crippen LogP contribution in [0, 0.1) is 5.82 Å². The maximum atomic E-state index is 12.8. The maximum absolute atomic E-state index is 12.8. The first-order valence-corrected chi connectivity index (χ1v) is 8.57. The molecule has 2 rings (SSSR count). The van der Waals surface area contributed by atoms with Gasteiger partial charge in [0.2, 0.25) is 0 Å². The highest BCUT2D eigenvalue weighted by Gasteiger charge is 2.12. The average molecular weight is 401 g/mol. The van der Waals surface area contributed by atoms with Gasteiger partial charge in [0.1, 0.15) is 12.4 Å². The van der Waals surface area contributed by atoms with Gasteiger partial charge in [0.15, 0.2) is 6.61 Å². The summed E-state index contributed by atoms with van der Waals surface area (Å²) in [5, 5.41) is 4.84. The Kier molecular flexibility index (Phi) is 7.41. The van der Waals surface area contributed by atoms with Gasteiger partial charge in [0.25, 0.3) is 17.7 Å². The summed E-state index contributed by atoms with van der Waals surface area (Å²) < 4.78 is 17.6. The molecule has 0 atom stereocenters. The zero-order valence-electron chi connectivity index (χ0n) is 15.9. The number of esters is 1. The Morgan fingerprint density at radius 1 is 0.931 bits per heavy atom. The van der Waals surface area contributed by atoms with E-state index < -0.39 is 36.8 Å². The van der Waals surface area contributed by atoms with Gasteiger partial charge in [-0.3, -0.25) is 19.2 Å². The molecule has 152 valence electrons. The van der Waals surface area contributed by atoms with Crippen LogP contribution in [0.2, 0.25) is 0 Å². The second-order valence-electron chi connectivity index (χ2n) is 6.18. The molecule has 0 aliphatic rings. The van der Waals surface area contributed by atoms with E-state index in [1.165, 1.54) is 17.0 Å². The Balaban J connectivity index is 1.74. The summed E-state index contributed by atoms with van der Waals surface area (Å²) in [5.74, 6) is -2.60. The number of carbonyl (C=O) groups excluding carboxylic acids is 4. The predicted octanol–water partition coefficient (Wildman–Crippen LogP) is 1.44. The normalized spacial score (nSPS) is 10.0. The van der Waals surface area contributed by atoms with Crippen LogP contribution in [-0.2, 0) is 14.3 Å². The highest BCUT2D eigenvalue weighted by molar-refractivity contribution is 5.97. The summed E-state index contributed by atoms with van der Waals surface area (Å²) in [6.45, 7) is -0.978. The molecule has 0 bridgehead atoms. The van der Waals surface area contributed by atoms with Crippen molar-refractivity contribution < 1.29 is 28.3 Å². The quantitative estimate of drug-likeness (QED) is 0.683. The summed E-state index contributed by atoms with van der Waals surface area (Å²) in [5.41, 5.74) is 1.09. The fourth-order valence-corrected chi connectivity index (χ4v) is 2.20. The van der Waals surface area contributed by atoms with Crippen LogP contribution < -0.4 is 10.6 Å². The molecule has 0 radical (unpaired) electrons. The molecule has 9 heteroatoms. The minimum absolute atomic E-state index is 0.167. The number of hydrogen-bond donors (Lipinski definition) is 2. The standard InChI is InChI=1S/C20H20FN3O5/c1-24(2)20(28)14-5-9-16(10-6-14)23-17(25)12-29-18(26)11-22-19(27)13-3-7-15(21)8-4-13/h3-10H,11-12H2,1-2H3,(H,22,27)(H,23,25). The minimum atomic E-state index is -0.803. The van der Waals surface area contributed by atoms with Crippen LogP contribution >= 0.6 is 0 Å². The number of ether oxygens (including phenoxy) is 1. The fraction of sp³-hybridized carbons (Fsp3) is 0.200. The summed E-state index contributed by atoms with van der Waals surface area (Å²) in [7, 11) is 3.27. The monoisotopic (exact) mass is 401 g/mol. The Morgan fingerprint density at radius 2 is 1.52 bits per heavy atom. The lowest BCUT2D eigenvalue weighted by atomic mass is 10.2. The molecule has 29 heavy (non-hydrogen) atoms. The molecule has 0 heterocycles. The van der Waals surface area contributed by atoms with Gasteiger partial charge < -0.3 is 20.3 Å². The molecule has 0 aliphatic heterocycles. The van der Waals surface area contributed by atoms with Crippen LogP contribution in [0.15, 0.2) is 48.5 Å². The van der Waals surface area contributed by atoms with E-state index in [0.717, 1.165) is 12.1 Å². The number of hydrogen-bond acceptors (Lipinski definition) is 5. The zero-order valence-corrected chi connectivity index (χ0v) is 15.9. The second-order valence-corrected chi connectivity index (χ2v) is 6.18. The van der Waals surface area contributed by atoms with Gasteiger partial charge in [-0.25, -0.2) is 4.39 Å². The molecular formula is C20H20FN3O5. The summed E-state index contributed by atoms with van der Waals surface area (Å²) in [6, 6.07) is 11.0. The number of anilines is 1. The Bertz CT molecular complexity index is 895. The van der Waals surface area contributed by atoms with E-state index in [0.29, 0.717) is 11.3 Å². The molecule has 0 fully saturated rings. The van der Waals surface area contributed by atoms with Crippen molar-refractivity contribution in [1.82, 2.24) is 10.2 Å². The summed E-state index contributed by atoms with van der Waals surface area (Å²) in [4.78, 5) is 48.6. The van der Waals surface area contributed by atoms with Gasteiger partial charge in [0, 0.05) is 30.9 Å². The summed E-state index contributed by atoms with van der Waals surface area (Å²) in [6.07, 6.45) is 0. The Labute approximate surface area is 166 Å². The van der Waals surface area contributed by atoms with Crippen molar-refractivity contribution in [3.8, 4) is 0 Å². The van der Waals surface area contributed by atoms with Crippen LogP contribution in [0.5, 0.6) is 0 Å². The van der Waals surface area contributed by atoms with Crippen LogP contribution in [0.1, 0.15) is 20.7 Å². The molecule has 0 saturated heterocycles. The third kappa shape index (κ3) is 6.73. The third-order valence-electron chi connectivity index (χ3n) is 3.69. The van der Waals surface area contributed by atoms with E-state index in [-0.39, 0.29) is 11.5 Å². The van der Waals surface area contributed by atoms with Crippen LogP contribution in [0.25, 0.3) is 0 Å². The molecule has 0 aromatic heterocycles. The lowest BCUT2D eigenvalue weighted by Crippen LogP contribution is -2.32. The molecule has 2 aromatic carbocycles. The van der Waals surface area contributed by atoms with Crippen molar-refractivity contribution in [1.29, 1.82) is 0 Å². The van der Waals surface area contributed by atoms with Crippen molar-refractivity contribution in [3.63, 3.8) is 0 Å². The highest BCUT2D eigenvalue weighted by Crippen LogP contribution is 2.10. The van der Waals surface area contributed by atoms with Crippen molar-refractivity contribution in [2.24, 2.45) is 0 Å². The number of halogens is 1. The van der Waals surface area contributed by atoms with Gasteiger partial charge in [-0.1, -0.05) is 0 Å². The lowest BCUT2D eigenvalue weighted by Gasteiger charge is -2.11. The Hall–Kier alpha value is -3.75. The van der Waals surface area contributed by atoms with Crippen molar-refractivity contribution in [3.05, 3.63) is 65.5 Å². The van der Waals surface area contributed by atoms with E-state index >= 15 is 0 Å².